The number of hydrogen-bond donors (Lipinski definition) is 2. The van der Waals surface area contributed by atoms with Gasteiger partial charge in [0.15, 0.2) is 5.82 Å². The molecule has 0 aliphatic carbocycles. The molecule has 1 unspecified atom stereocenters. The molecule has 1 rings (SSSR count). The SMILES string of the molecule is CCCC(C)N(C)c1nnccc1C(=N)N. The van der Waals surface area contributed by atoms with E-state index in [4.69, 9.17) is 11.1 Å². The van der Waals surface area contributed by atoms with E-state index in [0.29, 0.717) is 17.4 Å². The fourth-order valence-corrected chi connectivity index (χ4v) is 1.62. The van der Waals surface area contributed by atoms with E-state index in [0.717, 1.165) is 12.8 Å². The van der Waals surface area contributed by atoms with Crippen molar-refractivity contribution >= 4 is 11.7 Å². The predicted molar refractivity (Wildman–Crippen MR) is 65.8 cm³/mol. The molecule has 5 heteroatoms. The monoisotopic (exact) mass is 221 g/mol. The molecule has 0 saturated carbocycles. The van der Waals surface area contributed by atoms with Crippen LogP contribution in [0.2, 0.25) is 0 Å². The third kappa shape index (κ3) is 2.68. The summed E-state index contributed by atoms with van der Waals surface area (Å²) in [6, 6.07) is 2.08. The first-order valence-electron chi connectivity index (χ1n) is 5.46. The molecule has 0 bridgehead atoms. The van der Waals surface area contributed by atoms with E-state index < -0.39 is 0 Å². The number of nitrogens with two attached hydrogens (primary N) is 1. The van der Waals surface area contributed by atoms with E-state index in [1.807, 2.05) is 11.9 Å². The predicted octanol–water partition coefficient (Wildman–Crippen LogP) is 1.39. The Morgan fingerprint density at radius 3 is 2.88 bits per heavy atom. The molecular weight excluding hydrogens is 202 g/mol. The zero-order valence-corrected chi connectivity index (χ0v) is 10.1. The van der Waals surface area contributed by atoms with Crippen molar-refractivity contribution in [3.05, 3.63) is 17.8 Å². The fraction of sp³-hybridized carbons (Fsp3) is 0.545. The van der Waals surface area contributed by atoms with Crippen molar-refractivity contribution in [3.63, 3.8) is 0 Å². The van der Waals surface area contributed by atoms with Gasteiger partial charge in [-0.2, -0.15) is 5.10 Å². The lowest BCUT2D eigenvalue weighted by molar-refractivity contribution is 0.608. The average molecular weight is 221 g/mol. The summed E-state index contributed by atoms with van der Waals surface area (Å²) in [6.45, 7) is 4.27. The molecule has 0 saturated heterocycles. The highest BCUT2D eigenvalue weighted by Crippen LogP contribution is 2.18. The number of nitrogen functional groups attached to an aromatic ring is 1. The first kappa shape index (κ1) is 12.4. The molecule has 1 aromatic rings. The van der Waals surface area contributed by atoms with Gasteiger partial charge >= 0.3 is 0 Å². The van der Waals surface area contributed by atoms with Crippen LogP contribution in [0.5, 0.6) is 0 Å². The maximum absolute atomic E-state index is 7.50. The normalized spacial score (nSPS) is 12.2. The number of nitrogens with zero attached hydrogens (tertiary/aromatic N) is 3. The first-order chi connectivity index (χ1) is 7.57. The summed E-state index contributed by atoms with van der Waals surface area (Å²) < 4.78 is 0. The van der Waals surface area contributed by atoms with Crippen LogP contribution < -0.4 is 10.6 Å². The van der Waals surface area contributed by atoms with Gasteiger partial charge in [-0.1, -0.05) is 13.3 Å². The molecule has 5 nitrogen and oxygen atoms in total. The molecule has 0 radical (unpaired) electrons. The minimum Gasteiger partial charge on any atom is -0.384 e. The zero-order chi connectivity index (χ0) is 12.1. The lowest BCUT2D eigenvalue weighted by Crippen LogP contribution is -2.32. The van der Waals surface area contributed by atoms with Crippen LogP contribution in [-0.4, -0.2) is 29.1 Å². The van der Waals surface area contributed by atoms with Crippen LogP contribution in [0.15, 0.2) is 12.3 Å². The van der Waals surface area contributed by atoms with E-state index in [1.165, 1.54) is 0 Å². The third-order valence-corrected chi connectivity index (χ3v) is 2.69. The number of amidine groups is 1. The molecule has 0 fully saturated rings. The van der Waals surface area contributed by atoms with Crippen molar-refractivity contribution in [3.8, 4) is 0 Å². The van der Waals surface area contributed by atoms with Crippen molar-refractivity contribution in [1.82, 2.24) is 10.2 Å². The van der Waals surface area contributed by atoms with E-state index in [1.54, 1.807) is 12.3 Å². The molecule has 16 heavy (non-hydrogen) atoms. The second-order valence-electron chi connectivity index (χ2n) is 3.93. The number of hydrogen-bond acceptors (Lipinski definition) is 4. The standard InChI is InChI=1S/C11H19N5/c1-4-5-8(2)16(3)11-9(10(12)13)6-7-14-15-11/h6-8H,4-5H2,1-3H3,(H3,12,13). The molecule has 0 aliphatic rings. The largest absolute Gasteiger partial charge is 0.384 e. The highest BCUT2D eigenvalue weighted by molar-refractivity contribution is 5.99. The number of rotatable bonds is 5. The Balaban J connectivity index is 2.98. The molecule has 1 aromatic heterocycles. The molecule has 0 aromatic carbocycles. The fourth-order valence-electron chi connectivity index (χ4n) is 1.62. The van der Waals surface area contributed by atoms with Crippen molar-refractivity contribution < 1.29 is 0 Å². The van der Waals surface area contributed by atoms with E-state index in [9.17, 15) is 0 Å². The lowest BCUT2D eigenvalue weighted by Gasteiger charge is -2.26. The Morgan fingerprint density at radius 2 is 2.31 bits per heavy atom. The third-order valence-electron chi connectivity index (χ3n) is 2.69. The van der Waals surface area contributed by atoms with Crippen molar-refractivity contribution in [2.24, 2.45) is 5.73 Å². The number of aromatic nitrogens is 2. The summed E-state index contributed by atoms with van der Waals surface area (Å²) in [7, 11) is 1.96. The molecule has 1 atom stereocenters. The highest BCUT2D eigenvalue weighted by Gasteiger charge is 2.15. The Bertz CT molecular complexity index is 363. The molecule has 3 N–H and O–H groups in total. The summed E-state index contributed by atoms with van der Waals surface area (Å²) in [6.07, 6.45) is 3.74. The quantitative estimate of drug-likeness (QED) is 0.581. The second kappa shape index (κ2) is 5.44. The minimum absolute atomic E-state index is 0.0282. The van der Waals surface area contributed by atoms with Crippen LogP contribution in [0.3, 0.4) is 0 Å². The van der Waals surface area contributed by atoms with Gasteiger partial charge in [0, 0.05) is 13.1 Å². The van der Waals surface area contributed by atoms with Crippen molar-refractivity contribution in [1.29, 1.82) is 5.41 Å². The van der Waals surface area contributed by atoms with Gasteiger partial charge in [-0.15, -0.1) is 5.10 Å². The van der Waals surface area contributed by atoms with Gasteiger partial charge in [0.1, 0.15) is 5.84 Å². The van der Waals surface area contributed by atoms with Gasteiger partial charge in [0.05, 0.1) is 11.8 Å². The molecule has 88 valence electrons. The van der Waals surface area contributed by atoms with Crippen molar-refractivity contribution in [2.75, 3.05) is 11.9 Å². The van der Waals surface area contributed by atoms with E-state index >= 15 is 0 Å². The lowest BCUT2D eigenvalue weighted by atomic mass is 10.1. The summed E-state index contributed by atoms with van der Waals surface area (Å²) in [5, 5.41) is 15.4. The first-order valence-corrected chi connectivity index (χ1v) is 5.46. The highest BCUT2D eigenvalue weighted by atomic mass is 15.3. The number of anilines is 1. The van der Waals surface area contributed by atoms with Crippen molar-refractivity contribution in [2.45, 2.75) is 32.7 Å². The van der Waals surface area contributed by atoms with Gasteiger partial charge in [-0.25, -0.2) is 0 Å². The summed E-state index contributed by atoms with van der Waals surface area (Å²) in [5.41, 5.74) is 6.15. The summed E-state index contributed by atoms with van der Waals surface area (Å²) in [4.78, 5) is 2.02. The van der Waals surface area contributed by atoms with Gasteiger partial charge in [0.25, 0.3) is 0 Å². The molecule has 1 heterocycles. The van der Waals surface area contributed by atoms with E-state index in [2.05, 4.69) is 24.0 Å². The molecule has 0 aliphatic heterocycles. The van der Waals surface area contributed by atoms with Crippen LogP contribution >= 0.6 is 0 Å². The van der Waals surface area contributed by atoms with Crippen LogP contribution in [0, 0.1) is 5.41 Å². The second-order valence-corrected chi connectivity index (χ2v) is 3.93. The van der Waals surface area contributed by atoms with Crippen LogP contribution in [0.25, 0.3) is 0 Å². The van der Waals surface area contributed by atoms with Crippen LogP contribution in [0.1, 0.15) is 32.3 Å². The Labute approximate surface area is 96.2 Å². The molecular formula is C11H19N5. The Kier molecular flexibility index (Phi) is 4.22. The maximum atomic E-state index is 7.50. The van der Waals surface area contributed by atoms with Gasteiger partial charge in [0.2, 0.25) is 0 Å². The van der Waals surface area contributed by atoms with Gasteiger partial charge < -0.3 is 10.6 Å². The van der Waals surface area contributed by atoms with Crippen LogP contribution in [-0.2, 0) is 0 Å². The Hall–Kier alpha value is -1.65. The maximum Gasteiger partial charge on any atom is 0.162 e. The minimum atomic E-state index is 0.0282. The summed E-state index contributed by atoms with van der Waals surface area (Å²) >= 11 is 0. The molecule has 0 amide bonds. The van der Waals surface area contributed by atoms with Gasteiger partial charge in [-0.3, -0.25) is 5.41 Å². The van der Waals surface area contributed by atoms with Gasteiger partial charge in [-0.05, 0) is 19.4 Å². The zero-order valence-electron chi connectivity index (χ0n) is 10.1. The van der Waals surface area contributed by atoms with E-state index in [-0.39, 0.29) is 5.84 Å². The Morgan fingerprint density at radius 1 is 1.62 bits per heavy atom. The smallest absolute Gasteiger partial charge is 0.162 e. The van der Waals surface area contributed by atoms with Crippen LogP contribution in [0.4, 0.5) is 5.82 Å². The summed E-state index contributed by atoms with van der Waals surface area (Å²) in [5.74, 6) is 0.705. The number of nitrogens with one attached hydrogen (secondary N) is 1. The topological polar surface area (TPSA) is 78.9 Å². The molecule has 0 spiro atoms. The average Bonchev–Trinajstić information content (AvgIpc) is 2.28.